The molecule has 0 radical (unpaired) electrons. The minimum atomic E-state index is -0.179. The van der Waals surface area contributed by atoms with Crippen molar-refractivity contribution in [3.05, 3.63) is 6.92 Å². The molecule has 0 N–H and O–H groups in total. The van der Waals surface area contributed by atoms with Crippen LogP contribution >= 0.6 is 27.0 Å². The average molecular weight is 486 g/mol. The van der Waals surface area contributed by atoms with Crippen molar-refractivity contribution in [1.29, 1.82) is 0 Å². The molecular formula is C20H37Cl2PPd. The van der Waals surface area contributed by atoms with E-state index in [1.54, 1.807) is 25.7 Å². The Hall–Kier alpha value is 1.67. The van der Waals surface area contributed by atoms with E-state index in [4.69, 9.17) is 19.1 Å². The van der Waals surface area contributed by atoms with E-state index < -0.39 is 0 Å². The van der Waals surface area contributed by atoms with Gasteiger partial charge in [-0.1, -0.05) is 25.7 Å². The van der Waals surface area contributed by atoms with Gasteiger partial charge in [0.1, 0.15) is 0 Å². The molecule has 3 aliphatic rings. The first-order chi connectivity index (χ1) is 11.7. The fraction of sp³-hybridized carbons (Fsp3) is 0.950. The summed E-state index contributed by atoms with van der Waals surface area (Å²) >= 11 is -0.106. The average Bonchev–Trinajstić information content (AvgIpc) is 3.04. The van der Waals surface area contributed by atoms with Crippen molar-refractivity contribution in [1.82, 2.24) is 0 Å². The molecule has 0 aromatic rings. The van der Waals surface area contributed by atoms with Crippen LogP contribution in [-0.2, 0) is 15.9 Å². The van der Waals surface area contributed by atoms with Gasteiger partial charge in [0.2, 0.25) is 0 Å². The Bertz CT molecular complexity index is 312. The van der Waals surface area contributed by atoms with Gasteiger partial charge in [0.05, 0.1) is 17.0 Å². The van der Waals surface area contributed by atoms with Crippen LogP contribution in [0.3, 0.4) is 0 Å². The van der Waals surface area contributed by atoms with Gasteiger partial charge in [-0.05, 0) is 70.6 Å². The number of rotatable bonds is 4. The summed E-state index contributed by atoms with van der Waals surface area (Å²) in [6.45, 7) is 7.20. The van der Waals surface area contributed by atoms with Crippen LogP contribution in [0, 0.1) is 18.8 Å². The first-order valence-electron chi connectivity index (χ1n) is 10.2. The maximum absolute atomic E-state index is 4.81. The Morgan fingerprint density at radius 3 is 1.62 bits per heavy atom. The van der Waals surface area contributed by atoms with Gasteiger partial charge in [0, 0.05) is 7.92 Å². The molecule has 3 fully saturated rings. The summed E-state index contributed by atoms with van der Waals surface area (Å²) in [6.07, 6.45) is 19.9. The zero-order valence-corrected chi connectivity index (χ0v) is 19.4. The molecule has 146 valence electrons. The van der Waals surface area contributed by atoms with Gasteiger partial charge in [-0.25, -0.2) is 0 Å². The van der Waals surface area contributed by atoms with Crippen molar-refractivity contribution in [2.45, 2.75) is 107 Å². The summed E-state index contributed by atoms with van der Waals surface area (Å²) in [5, 5.41) is 0. The molecule has 3 atom stereocenters. The third kappa shape index (κ3) is 6.38. The van der Waals surface area contributed by atoms with E-state index in [2.05, 4.69) is 13.8 Å². The molecule has 2 unspecified atom stereocenters. The molecule has 0 aliphatic heterocycles. The molecule has 24 heavy (non-hydrogen) atoms. The van der Waals surface area contributed by atoms with Crippen LogP contribution in [0.5, 0.6) is 0 Å². The summed E-state index contributed by atoms with van der Waals surface area (Å²) in [5.74, 6) is 1.77. The molecule has 3 rings (SSSR count). The Labute approximate surface area is 168 Å². The third-order valence-electron chi connectivity index (χ3n) is 7.04. The molecule has 0 saturated heterocycles. The van der Waals surface area contributed by atoms with Crippen molar-refractivity contribution >= 4 is 27.0 Å². The predicted molar refractivity (Wildman–Crippen MR) is 109 cm³/mol. The van der Waals surface area contributed by atoms with E-state index in [1.807, 2.05) is 0 Å². The van der Waals surface area contributed by atoms with E-state index in [0.29, 0.717) is 0 Å². The van der Waals surface area contributed by atoms with Crippen LogP contribution < -0.4 is 0 Å². The van der Waals surface area contributed by atoms with Crippen LogP contribution in [0.2, 0.25) is 0 Å². The van der Waals surface area contributed by atoms with Crippen LogP contribution in [-0.4, -0.2) is 17.0 Å². The van der Waals surface area contributed by atoms with Gasteiger partial charge in [0.15, 0.2) is 0 Å². The topological polar surface area (TPSA) is 0 Å². The molecular weight excluding hydrogens is 449 g/mol. The van der Waals surface area contributed by atoms with Gasteiger partial charge in [-0.3, -0.25) is 0 Å². The van der Waals surface area contributed by atoms with Gasteiger partial charge in [-0.2, -0.15) is 5.92 Å². The van der Waals surface area contributed by atoms with E-state index in [9.17, 15) is 0 Å². The Balaban J connectivity index is 0.000000647. The molecule has 3 aliphatic carbocycles. The quantitative estimate of drug-likeness (QED) is 0.216. The predicted octanol–water partition coefficient (Wildman–Crippen LogP) is 7.88. The number of hydrogen-bond donors (Lipinski definition) is 0. The molecule has 0 heterocycles. The molecule has 0 aromatic heterocycles. The second-order valence-electron chi connectivity index (χ2n) is 8.36. The fourth-order valence-corrected chi connectivity index (χ4v) is 11.2. The molecule has 0 aromatic carbocycles. The zero-order valence-electron chi connectivity index (χ0n) is 15.4. The second-order valence-corrected chi connectivity index (χ2v) is 14.3. The molecule has 3 saturated carbocycles. The summed E-state index contributed by atoms with van der Waals surface area (Å²) in [4.78, 5) is 0. The number of halogens is 2. The number of hydrogen-bond acceptors (Lipinski definition) is 0. The molecule has 4 heteroatoms. The second kappa shape index (κ2) is 12.2. The van der Waals surface area contributed by atoms with E-state index >= 15 is 0 Å². The van der Waals surface area contributed by atoms with E-state index in [0.717, 1.165) is 28.8 Å². The van der Waals surface area contributed by atoms with Crippen LogP contribution in [0.4, 0.5) is 0 Å². The van der Waals surface area contributed by atoms with Crippen molar-refractivity contribution < 1.29 is 15.9 Å². The third-order valence-corrected chi connectivity index (χ3v) is 11.6. The molecule has 0 bridgehead atoms. The first-order valence-corrected chi connectivity index (χ1v) is 15.9. The van der Waals surface area contributed by atoms with Crippen molar-refractivity contribution in [2.24, 2.45) is 11.8 Å². The van der Waals surface area contributed by atoms with E-state index in [1.165, 1.54) is 57.8 Å². The van der Waals surface area contributed by atoms with Crippen molar-refractivity contribution in [3.8, 4) is 0 Å². The van der Waals surface area contributed by atoms with Crippen LogP contribution in [0.25, 0.3) is 0 Å². The van der Waals surface area contributed by atoms with Crippen LogP contribution in [0.1, 0.15) is 90.4 Å². The maximum atomic E-state index is 4.81. The van der Waals surface area contributed by atoms with Crippen LogP contribution in [0.15, 0.2) is 0 Å². The summed E-state index contributed by atoms with van der Waals surface area (Å²) in [7, 11) is 9.45. The molecule has 0 nitrogen and oxygen atoms in total. The summed E-state index contributed by atoms with van der Waals surface area (Å²) in [6, 6.07) is 0. The van der Waals surface area contributed by atoms with Gasteiger partial charge in [-0.15, -0.1) is 0 Å². The SMILES string of the molecule is [CH2-]C1CCCC1[C@@H](C)[PH+](C1CCCCC1)C1CCCCC1.[Cl][Pd][Cl]. The zero-order chi connectivity index (χ0) is 17.4. The summed E-state index contributed by atoms with van der Waals surface area (Å²) in [5.41, 5.74) is 3.37. The standard InChI is InChI=1S/C20H36P.2ClH.Pd/c1-16-10-9-15-20(16)17(2)21(18-11-5-3-6-12-18)19-13-7-4-8-14-19;;;/h16-20H,1,3-15H2,2H3;2*1H;/q-1;;;+2/p-1/t16?,17-,20?;;;/m1.../s1. The molecule has 0 amide bonds. The minimum absolute atomic E-state index is 0.106. The van der Waals surface area contributed by atoms with Gasteiger partial charge in [0.25, 0.3) is 0 Å². The Morgan fingerprint density at radius 1 is 0.792 bits per heavy atom. The normalized spacial score (nSPS) is 31.0. The van der Waals surface area contributed by atoms with Crippen molar-refractivity contribution in [2.75, 3.05) is 0 Å². The monoisotopic (exact) mass is 484 g/mol. The fourth-order valence-electron chi connectivity index (χ4n) is 5.92. The van der Waals surface area contributed by atoms with Crippen molar-refractivity contribution in [3.63, 3.8) is 0 Å². The Morgan fingerprint density at radius 2 is 1.25 bits per heavy atom. The van der Waals surface area contributed by atoms with Gasteiger partial charge < -0.3 is 6.92 Å². The van der Waals surface area contributed by atoms with E-state index in [-0.39, 0.29) is 23.9 Å². The Kier molecular flexibility index (Phi) is 11.2. The summed E-state index contributed by atoms with van der Waals surface area (Å²) < 4.78 is 0. The molecule has 0 spiro atoms. The van der Waals surface area contributed by atoms with Gasteiger partial charge >= 0.3 is 35.0 Å². The first kappa shape index (κ1) is 22.0.